The van der Waals surface area contributed by atoms with Crippen LogP contribution >= 0.6 is 0 Å². The molecule has 0 spiro atoms. The number of ether oxygens (including phenoxy) is 1. The van der Waals surface area contributed by atoms with Crippen LogP contribution in [0.5, 0.6) is 5.75 Å². The van der Waals surface area contributed by atoms with E-state index in [1.165, 1.54) is 12.1 Å². The quantitative estimate of drug-likeness (QED) is 0.516. The first-order valence-electron chi connectivity index (χ1n) is 3.85. The highest BCUT2D eigenvalue weighted by Crippen LogP contribution is 2.33. The number of nitro groups is 1. The Balaban J connectivity index is 2.47. The monoisotopic (exact) mass is 180 g/mol. The molecular weight excluding hydrogens is 172 g/mol. The average Bonchev–Trinajstić information content (AvgIpc) is 2.47. The van der Waals surface area contributed by atoms with Gasteiger partial charge in [0.05, 0.1) is 11.0 Å². The van der Waals surface area contributed by atoms with Crippen LogP contribution in [0.1, 0.15) is 11.6 Å². The molecule has 2 rings (SSSR count). The molecule has 0 aliphatic carbocycles. The number of rotatable bonds is 1. The lowest BCUT2D eigenvalue weighted by atomic mass is 10.1. The van der Waals surface area contributed by atoms with Crippen molar-refractivity contribution in [1.82, 2.24) is 0 Å². The number of nitro benzene ring substituents is 1. The number of fused-ring (bicyclic) bond motifs is 1. The first-order chi connectivity index (χ1) is 6.18. The molecule has 0 bridgehead atoms. The molecule has 1 unspecified atom stereocenters. The van der Waals surface area contributed by atoms with E-state index in [1.54, 1.807) is 6.07 Å². The second-order valence-electron chi connectivity index (χ2n) is 2.90. The van der Waals surface area contributed by atoms with Crippen LogP contribution in [0.15, 0.2) is 18.2 Å². The Bertz CT molecular complexity index is 364. The molecule has 5 nitrogen and oxygen atoms in total. The summed E-state index contributed by atoms with van der Waals surface area (Å²) in [5.74, 6) is 0.651. The van der Waals surface area contributed by atoms with Gasteiger partial charge in [0.2, 0.25) is 0 Å². The number of hydrogen-bond donors (Lipinski definition) is 1. The molecule has 0 fully saturated rings. The van der Waals surface area contributed by atoms with Crippen molar-refractivity contribution in [2.45, 2.75) is 6.04 Å². The van der Waals surface area contributed by atoms with Gasteiger partial charge in [-0.25, -0.2) is 0 Å². The van der Waals surface area contributed by atoms with Gasteiger partial charge in [0, 0.05) is 17.7 Å². The summed E-state index contributed by atoms with van der Waals surface area (Å²) in [5, 5.41) is 10.4. The van der Waals surface area contributed by atoms with Gasteiger partial charge in [-0.15, -0.1) is 0 Å². The van der Waals surface area contributed by atoms with E-state index in [-0.39, 0.29) is 11.7 Å². The first-order valence-corrected chi connectivity index (χ1v) is 3.85. The Kier molecular flexibility index (Phi) is 1.66. The summed E-state index contributed by atoms with van der Waals surface area (Å²) < 4.78 is 5.20. The van der Waals surface area contributed by atoms with Crippen molar-refractivity contribution < 1.29 is 9.66 Å². The molecule has 1 aromatic rings. The van der Waals surface area contributed by atoms with Crippen LogP contribution in [-0.2, 0) is 0 Å². The van der Waals surface area contributed by atoms with E-state index in [0.717, 1.165) is 0 Å². The lowest BCUT2D eigenvalue weighted by Gasteiger charge is -1.99. The second-order valence-corrected chi connectivity index (χ2v) is 2.90. The summed E-state index contributed by atoms with van der Waals surface area (Å²) >= 11 is 0. The first kappa shape index (κ1) is 8.00. The summed E-state index contributed by atoms with van der Waals surface area (Å²) in [5.41, 5.74) is 6.44. The zero-order valence-corrected chi connectivity index (χ0v) is 6.77. The summed E-state index contributed by atoms with van der Waals surface area (Å²) in [6.45, 7) is 0.399. The third kappa shape index (κ3) is 1.23. The van der Waals surface area contributed by atoms with Gasteiger partial charge in [-0.3, -0.25) is 10.1 Å². The van der Waals surface area contributed by atoms with Crippen molar-refractivity contribution in [1.29, 1.82) is 0 Å². The van der Waals surface area contributed by atoms with Crippen LogP contribution < -0.4 is 10.5 Å². The van der Waals surface area contributed by atoms with Crippen molar-refractivity contribution in [3.8, 4) is 5.75 Å². The molecule has 0 saturated carbocycles. The van der Waals surface area contributed by atoms with Crippen molar-refractivity contribution in [2.75, 3.05) is 6.61 Å². The van der Waals surface area contributed by atoms with E-state index in [2.05, 4.69) is 0 Å². The standard InChI is InChI=1S/C8H8N2O3/c9-7-4-13-8-2-1-5(10(11)12)3-6(7)8/h1-3,7H,4,9H2. The molecule has 1 aliphatic rings. The maximum atomic E-state index is 10.4. The Morgan fingerprint density at radius 1 is 1.62 bits per heavy atom. The normalized spacial score (nSPS) is 19.3. The molecule has 2 N–H and O–H groups in total. The highest BCUT2D eigenvalue weighted by atomic mass is 16.6. The number of nitrogens with zero attached hydrogens (tertiary/aromatic N) is 1. The van der Waals surface area contributed by atoms with Gasteiger partial charge in [0.25, 0.3) is 5.69 Å². The van der Waals surface area contributed by atoms with Crippen LogP contribution in [0, 0.1) is 10.1 Å². The number of hydrogen-bond acceptors (Lipinski definition) is 4. The molecular formula is C8H8N2O3. The molecule has 68 valence electrons. The fourth-order valence-corrected chi connectivity index (χ4v) is 1.34. The summed E-state index contributed by atoms with van der Waals surface area (Å²) in [6, 6.07) is 4.22. The van der Waals surface area contributed by atoms with E-state index >= 15 is 0 Å². The minimum atomic E-state index is -0.439. The van der Waals surface area contributed by atoms with Gasteiger partial charge >= 0.3 is 0 Å². The molecule has 0 amide bonds. The van der Waals surface area contributed by atoms with Crippen LogP contribution in [0.2, 0.25) is 0 Å². The lowest BCUT2D eigenvalue weighted by Crippen LogP contribution is -2.10. The van der Waals surface area contributed by atoms with Crippen molar-refractivity contribution in [3.63, 3.8) is 0 Å². The van der Waals surface area contributed by atoms with Gasteiger partial charge in [-0.1, -0.05) is 0 Å². The van der Waals surface area contributed by atoms with Gasteiger partial charge in [-0.2, -0.15) is 0 Å². The molecule has 0 aromatic heterocycles. The second kappa shape index (κ2) is 2.70. The molecule has 0 saturated heterocycles. The summed E-state index contributed by atoms with van der Waals surface area (Å²) in [7, 11) is 0. The molecule has 13 heavy (non-hydrogen) atoms. The SMILES string of the molecule is NC1COc2ccc([N+](=O)[O-])cc21. The average molecular weight is 180 g/mol. The lowest BCUT2D eigenvalue weighted by molar-refractivity contribution is -0.384. The van der Waals surface area contributed by atoms with Gasteiger partial charge in [0.1, 0.15) is 12.4 Å². The predicted octanol–water partition coefficient (Wildman–Crippen LogP) is 0.987. The zero-order valence-electron chi connectivity index (χ0n) is 6.77. The summed E-state index contributed by atoms with van der Waals surface area (Å²) in [6.07, 6.45) is 0. The molecule has 0 radical (unpaired) electrons. The van der Waals surface area contributed by atoms with Gasteiger partial charge in [-0.05, 0) is 6.07 Å². The highest BCUT2D eigenvalue weighted by Gasteiger charge is 2.22. The maximum absolute atomic E-state index is 10.4. The number of benzene rings is 1. The molecule has 5 heteroatoms. The zero-order chi connectivity index (χ0) is 9.42. The highest BCUT2D eigenvalue weighted by molar-refractivity contribution is 5.47. The topological polar surface area (TPSA) is 78.4 Å². The van der Waals surface area contributed by atoms with E-state index in [9.17, 15) is 10.1 Å². The van der Waals surface area contributed by atoms with E-state index < -0.39 is 4.92 Å². The fourth-order valence-electron chi connectivity index (χ4n) is 1.34. The Morgan fingerprint density at radius 3 is 3.08 bits per heavy atom. The third-order valence-electron chi connectivity index (χ3n) is 2.02. The van der Waals surface area contributed by atoms with Gasteiger partial charge in [0.15, 0.2) is 0 Å². The van der Waals surface area contributed by atoms with Crippen molar-refractivity contribution in [3.05, 3.63) is 33.9 Å². The van der Waals surface area contributed by atoms with Crippen LogP contribution in [0.25, 0.3) is 0 Å². The molecule has 1 heterocycles. The summed E-state index contributed by atoms with van der Waals surface area (Å²) in [4.78, 5) is 9.99. The minimum absolute atomic E-state index is 0.0553. The Morgan fingerprint density at radius 2 is 2.38 bits per heavy atom. The molecule has 1 atom stereocenters. The number of nitrogens with two attached hydrogens (primary N) is 1. The Hall–Kier alpha value is -1.62. The largest absolute Gasteiger partial charge is 0.491 e. The Labute approximate surface area is 74.3 Å². The third-order valence-corrected chi connectivity index (χ3v) is 2.02. The van der Waals surface area contributed by atoms with Crippen molar-refractivity contribution in [2.24, 2.45) is 5.73 Å². The maximum Gasteiger partial charge on any atom is 0.270 e. The van der Waals surface area contributed by atoms with E-state index in [1.807, 2.05) is 0 Å². The molecule has 1 aromatic carbocycles. The van der Waals surface area contributed by atoms with Crippen LogP contribution in [0.3, 0.4) is 0 Å². The van der Waals surface area contributed by atoms with E-state index in [0.29, 0.717) is 17.9 Å². The van der Waals surface area contributed by atoms with Crippen molar-refractivity contribution >= 4 is 5.69 Å². The fraction of sp³-hybridized carbons (Fsp3) is 0.250. The number of non-ortho nitro benzene ring substituents is 1. The minimum Gasteiger partial charge on any atom is -0.491 e. The predicted molar refractivity (Wildman–Crippen MR) is 45.5 cm³/mol. The van der Waals surface area contributed by atoms with Crippen LogP contribution in [0.4, 0.5) is 5.69 Å². The van der Waals surface area contributed by atoms with E-state index in [4.69, 9.17) is 10.5 Å². The molecule has 1 aliphatic heterocycles. The van der Waals surface area contributed by atoms with Gasteiger partial charge < -0.3 is 10.5 Å². The smallest absolute Gasteiger partial charge is 0.270 e. The van der Waals surface area contributed by atoms with Crippen LogP contribution in [-0.4, -0.2) is 11.5 Å².